The van der Waals surface area contributed by atoms with Crippen LogP contribution in [0, 0.1) is 0 Å². The van der Waals surface area contributed by atoms with E-state index in [2.05, 4.69) is 6.92 Å². The number of carboxylic acid groups (broad SMARTS) is 1. The number of unbranched alkanes of at least 4 members (excludes halogenated alkanes) is 2. The first-order chi connectivity index (χ1) is 11.9. The van der Waals surface area contributed by atoms with Gasteiger partial charge >= 0.3 is 5.97 Å². The maximum Gasteiger partial charge on any atom is 0.303 e. The number of hydrogen-bond acceptors (Lipinski definition) is 4. The third-order valence-electron chi connectivity index (χ3n) is 4.49. The molecular weight excluding hydrogens is 338 g/mol. The van der Waals surface area contributed by atoms with E-state index < -0.39 is 11.6 Å². The highest BCUT2D eigenvalue weighted by atomic mass is 32.2. The van der Waals surface area contributed by atoms with Crippen molar-refractivity contribution < 1.29 is 19.8 Å². The van der Waals surface area contributed by atoms with E-state index in [0.29, 0.717) is 19.4 Å². The molecule has 0 saturated carbocycles. The number of likely N-dealkylation sites (tertiary alicyclic amines) is 1. The molecule has 2 N–H and O–H groups in total. The van der Waals surface area contributed by atoms with Crippen LogP contribution in [0.15, 0.2) is 12.2 Å². The minimum atomic E-state index is -0.807. The number of aliphatic hydroxyl groups is 1. The summed E-state index contributed by atoms with van der Waals surface area (Å²) in [6.07, 6.45) is 10.1. The summed E-state index contributed by atoms with van der Waals surface area (Å²) in [5.41, 5.74) is -0.807. The molecule has 0 spiro atoms. The van der Waals surface area contributed by atoms with Crippen molar-refractivity contribution in [3.63, 3.8) is 0 Å². The Balaban J connectivity index is 2.38. The van der Waals surface area contributed by atoms with Gasteiger partial charge in [-0.1, -0.05) is 38.3 Å². The van der Waals surface area contributed by atoms with Crippen molar-refractivity contribution in [1.82, 2.24) is 4.90 Å². The van der Waals surface area contributed by atoms with Crippen molar-refractivity contribution >= 4 is 23.6 Å². The van der Waals surface area contributed by atoms with Crippen LogP contribution in [0.25, 0.3) is 0 Å². The number of aliphatic carboxylic acids is 1. The molecule has 144 valence electrons. The maximum absolute atomic E-state index is 12.1. The smallest absolute Gasteiger partial charge is 0.303 e. The number of amides is 1. The number of carbonyl (C=O) groups is 2. The molecule has 25 heavy (non-hydrogen) atoms. The molecule has 1 saturated heterocycles. The number of nitrogens with zero attached hydrogens (tertiary/aromatic N) is 1. The molecule has 0 aliphatic carbocycles. The number of rotatable bonds is 13. The average molecular weight is 372 g/mol. The van der Waals surface area contributed by atoms with Gasteiger partial charge in [-0.2, -0.15) is 11.8 Å². The normalized spacial score (nSPS) is 20.4. The van der Waals surface area contributed by atoms with Gasteiger partial charge in [-0.05, 0) is 31.9 Å². The molecule has 0 aromatic rings. The summed E-state index contributed by atoms with van der Waals surface area (Å²) < 4.78 is 0. The van der Waals surface area contributed by atoms with E-state index in [1.54, 1.807) is 11.8 Å². The van der Waals surface area contributed by atoms with Crippen LogP contribution in [0.1, 0.15) is 65.2 Å². The van der Waals surface area contributed by atoms with E-state index in [0.717, 1.165) is 43.6 Å². The highest BCUT2D eigenvalue weighted by Gasteiger charge is 2.29. The Labute approximate surface area is 155 Å². The first-order valence-electron chi connectivity index (χ1n) is 9.36. The summed E-state index contributed by atoms with van der Waals surface area (Å²) in [7, 11) is 0. The molecular formula is C19H33NO4S. The van der Waals surface area contributed by atoms with Gasteiger partial charge in [0.05, 0.1) is 11.6 Å². The van der Waals surface area contributed by atoms with Crippen LogP contribution < -0.4 is 0 Å². The lowest BCUT2D eigenvalue weighted by Gasteiger charge is -2.24. The Kier molecular flexibility index (Phi) is 10.2. The Bertz CT molecular complexity index is 451. The van der Waals surface area contributed by atoms with E-state index in [-0.39, 0.29) is 18.4 Å². The molecule has 0 radical (unpaired) electrons. The van der Waals surface area contributed by atoms with Gasteiger partial charge in [0, 0.05) is 25.1 Å². The van der Waals surface area contributed by atoms with E-state index in [9.17, 15) is 14.7 Å². The van der Waals surface area contributed by atoms with Gasteiger partial charge in [0.1, 0.15) is 0 Å². The fourth-order valence-corrected chi connectivity index (χ4v) is 3.85. The van der Waals surface area contributed by atoms with E-state index in [1.165, 1.54) is 0 Å². The van der Waals surface area contributed by atoms with Gasteiger partial charge in [0.15, 0.2) is 0 Å². The zero-order valence-corrected chi connectivity index (χ0v) is 16.4. The van der Waals surface area contributed by atoms with Crippen LogP contribution in [0.4, 0.5) is 0 Å². The van der Waals surface area contributed by atoms with Crippen LogP contribution in [0.2, 0.25) is 0 Å². The fourth-order valence-electron chi connectivity index (χ4n) is 2.97. The van der Waals surface area contributed by atoms with Gasteiger partial charge in [-0.3, -0.25) is 9.59 Å². The molecule has 6 heteroatoms. The second kappa shape index (κ2) is 11.6. The maximum atomic E-state index is 12.1. The van der Waals surface area contributed by atoms with Crippen molar-refractivity contribution in [3.05, 3.63) is 12.2 Å². The average Bonchev–Trinajstić information content (AvgIpc) is 2.89. The third kappa shape index (κ3) is 9.31. The van der Waals surface area contributed by atoms with E-state index in [4.69, 9.17) is 5.11 Å². The Morgan fingerprint density at radius 1 is 1.36 bits per heavy atom. The highest BCUT2D eigenvalue weighted by Crippen LogP contribution is 2.23. The summed E-state index contributed by atoms with van der Waals surface area (Å²) >= 11 is 1.69. The second-order valence-electron chi connectivity index (χ2n) is 6.98. The largest absolute Gasteiger partial charge is 0.481 e. The third-order valence-corrected chi connectivity index (χ3v) is 5.54. The van der Waals surface area contributed by atoms with Gasteiger partial charge in [0.2, 0.25) is 5.91 Å². The minimum absolute atomic E-state index is 0.0739. The highest BCUT2D eigenvalue weighted by molar-refractivity contribution is 7.99. The lowest BCUT2D eigenvalue weighted by molar-refractivity contribution is -0.137. The number of carboxylic acids is 1. The standard InChI is InChI=1S/C19H33NO4S/c1-3-4-5-11-19(2,24)12-10-16-8-9-17(21)20(16)13-15-25-14-6-7-18(22)23/h10,12,16,24H,3-9,11,13-15H2,1-2H3,(H,22,23)/b12-10+/t16?,19-/m1/s1. The van der Waals surface area contributed by atoms with E-state index in [1.807, 2.05) is 24.0 Å². The number of carbonyl (C=O) groups excluding carboxylic acids is 1. The van der Waals surface area contributed by atoms with Gasteiger partial charge in [0.25, 0.3) is 0 Å². The summed E-state index contributed by atoms with van der Waals surface area (Å²) in [5, 5.41) is 19.0. The van der Waals surface area contributed by atoms with E-state index >= 15 is 0 Å². The molecule has 0 bridgehead atoms. The van der Waals surface area contributed by atoms with Crippen LogP contribution in [0.5, 0.6) is 0 Å². The molecule has 5 nitrogen and oxygen atoms in total. The predicted octanol–water partition coefficient (Wildman–Crippen LogP) is 3.46. The van der Waals surface area contributed by atoms with Crippen molar-refractivity contribution in [2.75, 3.05) is 18.1 Å². The van der Waals surface area contributed by atoms with Crippen molar-refractivity contribution in [2.45, 2.75) is 76.9 Å². The van der Waals surface area contributed by atoms with Gasteiger partial charge in [-0.15, -0.1) is 0 Å². The fraction of sp³-hybridized carbons (Fsp3) is 0.789. The first kappa shape index (κ1) is 22.0. The van der Waals surface area contributed by atoms with Crippen molar-refractivity contribution in [2.24, 2.45) is 0 Å². The topological polar surface area (TPSA) is 77.8 Å². The SMILES string of the molecule is CCCCC[C@@](C)(O)/C=C/C1CCC(=O)N1CCSCCCC(=O)O. The quantitative estimate of drug-likeness (QED) is 0.383. The molecule has 1 aliphatic heterocycles. The number of thioether (sulfide) groups is 1. The zero-order chi connectivity index (χ0) is 18.7. The van der Waals surface area contributed by atoms with Gasteiger partial charge < -0.3 is 15.1 Å². The Hall–Kier alpha value is -1.01. The van der Waals surface area contributed by atoms with Crippen LogP contribution in [-0.2, 0) is 9.59 Å². The second-order valence-corrected chi connectivity index (χ2v) is 8.20. The summed E-state index contributed by atoms with van der Waals surface area (Å²) in [6, 6.07) is 0.0739. The Morgan fingerprint density at radius 2 is 2.12 bits per heavy atom. The first-order valence-corrected chi connectivity index (χ1v) is 10.5. The molecule has 2 atom stereocenters. The molecule has 1 rings (SSSR count). The molecule has 1 fully saturated rings. The summed E-state index contributed by atoms with van der Waals surface area (Å²) in [6.45, 7) is 4.66. The molecule has 1 heterocycles. The molecule has 1 aliphatic rings. The lowest BCUT2D eigenvalue weighted by atomic mass is 9.97. The molecule has 1 amide bonds. The minimum Gasteiger partial charge on any atom is -0.481 e. The monoisotopic (exact) mass is 371 g/mol. The lowest BCUT2D eigenvalue weighted by Crippen LogP contribution is -2.34. The zero-order valence-electron chi connectivity index (χ0n) is 15.6. The molecule has 0 aromatic carbocycles. The summed E-state index contributed by atoms with van der Waals surface area (Å²) in [5.74, 6) is 1.04. The Morgan fingerprint density at radius 3 is 2.80 bits per heavy atom. The number of hydrogen-bond donors (Lipinski definition) is 2. The summed E-state index contributed by atoms with van der Waals surface area (Å²) in [4.78, 5) is 24.4. The van der Waals surface area contributed by atoms with Gasteiger partial charge in [-0.25, -0.2) is 0 Å². The molecule has 1 unspecified atom stereocenters. The molecule has 0 aromatic heterocycles. The predicted molar refractivity (Wildman–Crippen MR) is 103 cm³/mol. The van der Waals surface area contributed by atoms with Crippen LogP contribution in [-0.4, -0.2) is 56.7 Å². The van der Waals surface area contributed by atoms with Crippen LogP contribution >= 0.6 is 11.8 Å². The van der Waals surface area contributed by atoms with Crippen LogP contribution in [0.3, 0.4) is 0 Å². The van der Waals surface area contributed by atoms with Crippen molar-refractivity contribution in [1.29, 1.82) is 0 Å². The van der Waals surface area contributed by atoms with Crippen molar-refractivity contribution in [3.8, 4) is 0 Å².